The molecule has 0 saturated heterocycles. The quantitative estimate of drug-likeness (QED) is 0.689. The molecule has 1 unspecified atom stereocenters. The SMILES string of the molecule is CCCc1noc(CN(C)C(C)c2cc3ccccc3o2)n1. The fourth-order valence-corrected chi connectivity index (χ4v) is 2.46. The Balaban J connectivity index is 1.71. The van der Waals surface area contributed by atoms with Crippen LogP contribution < -0.4 is 0 Å². The van der Waals surface area contributed by atoms with Crippen LogP contribution in [0.3, 0.4) is 0 Å². The summed E-state index contributed by atoms with van der Waals surface area (Å²) in [7, 11) is 2.03. The maximum atomic E-state index is 5.92. The molecule has 0 aliphatic heterocycles. The van der Waals surface area contributed by atoms with Crippen LogP contribution in [0.1, 0.15) is 43.8 Å². The summed E-state index contributed by atoms with van der Waals surface area (Å²) < 4.78 is 11.2. The molecule has 2 heterocycles. The van der Waals surface area contributed by atoms with Crippen molar-refractivity contribution in [1.29, 1.82) is 0 Å². The smallest absolute Gasteiger partial charge is 0.240 e. The van der Waals surface area contributed by atoms with E-state index in [1.54, 1.807) is 0 Å². The monoisotopic (exact) mass is 299 g/mol. The van der Waals surface area contributed by atoms with Gasteiger partial charge in [-0.25, -0.2) is 0 Å². The van der Waals surface area contributed by atoms with Crippen molar-refractivity contribution in [3.8, 4) is 0 Å². The Hall–Kier alpha value is -2.14. The molecule has 5 heteroatoms. The van der Waals surface area contributed by atoms with Crippen molar-refractivity contribution < 1.29 is 8.94 Å². The van der Waals surface area contributed by atoms with E-state index in [9.17, 15) is 0 Å². The van der Waals surface area contributed by atoms with Crippen LogP contribution >= 0.6 is 0 Å². The number of aromatic nitrogens is 2. The average Bonchev–Trinajstić information content (AvgIpc) is 3.13. The number of aryl methyl sites for hydroxylation is 1. The van der Waals surface area contributed by atoms with Gasteiger partial charge in [0.25, 0.3) is 0 Å². The second-order valence-corrected chi connectivity index (χ2v) is 5.63. The summed E-state index contributed by atoms with van der Waals surface area (Å²) in [6, 6.07) is 10.3. The predicted octanol–water partition coefficient (Wildman–Crippen LogP) is 3.96. The maximum absolute atomic E-state index is 5.92. The van der Waals surface area contributed by atoms with E-state index in [2.05, 4.69) is 41.0 Å². The Morgan fingerprint density at radius 3 is 2.86 bits per heavy atom. The third-order valence-corrected chi connectivity index (χ3v) is 3.89. The van der Waals surface area contributed by atoms with Crippen LogP contribution in [0.4, 0.5) is 0 Å². The first-order valence-electron chi connectivity index (χ1n) is 7.67. The van der Waals surface area contributed by atoms with Gasteiger partial charge in [0, 0.05) is 11.8 Å². The van der Waals surface area contributed by atoms with E-state index in [4.69, 9.17) is 8.94 Å². The molecule has 1 aromatic carbocycles. The first-order chi connectivity index (χ1) is 10.7. The minimum atomic E-state index is 0.133. The summed E-state index contributed by atoms with van der Waals surface area (Å²) in [6.07, 6.45) is 1.87. The van der Waals surface area contributed by atoms with E-state index in [0.717, 1.165) is 35.4 Å². The molecule has 2 aromatic heterocycles. The molecule has 5 nitrogen and oxygen atoms in total. The number of fused-ring (bicyclic) bond motifs is 1. The van der Waals surface area contributed by atoms with Crippen LogP contribution in [0.25, 0.3) is 11.0 Å². The number of hydrogen-bond donors (Lipinski definition) is 0. The largest absolute Gasteiger partial charge is 0.459 e. The molecule has 0 bridgehead atoms. The molecule has 116 valence electrons. The summed E-state index contributed by atoms with van der Waals surface area (Å²) in [6.45, 7) is 4.82. The van der Waals surface area contributed by atoms with Crippen molar-refractivity contribution in [2.24, 2.45) is 0 Å². The van der Waals surface area contributed by atoms with Crippen molar-refractivity contribution in [1.82, 2.24) is 15.0 Å². The van der Waals surface area contributed by atoms with E-state index in [0.29, 0.717) is 12.4 Å². The van der Waals surface area contributed by atoms with E-state index in [-0.39, 0.29) is 6.04 Å². The van der Waals surface area contributed by atoms with Gasteiger partial charge >= 0.3 is 0 Å². The first-order valence-corrected chi connectivity index (χ1v) is 7.67. The molecule has 0 aliphatic carbocycles. The van der Waals surface area contributed by atoms with E-state index in [1.807, 2.05) is 25.2 Å². The fourth-order valence-electron chi connectivity index (χ4n) is 2.46. The molecule has 1 atom stereocenters. The van der Waals surface area contributed by atoms with Gasteiger partial charge in [0.2, 0.25) is 5.89 Å². The van der Waals surface area contributed by atoms with Crippen molar-refractivity contribution in [2.75, 3.05) is 7.05 Å². The molecule has 0 radical (unpaired) electrons. The van der Waals surface area contributed by atoms with Crippen LogP contribution in [0.15, 0.2) is 39.3 Å². The minimum Gasteiger partial charge on any atom is -0.459 e. The van der Waals surface area contributed by atoms with Crippen LogP contribution in [0, 0.1) is 0 Å². The van der Waals surface area contributed by atoms with Crippen molar-refractivity contribution >= 4 is 11.0 Å². The molecule has 22 heavy (non-hydrogen) atoms. The fraction of sp³-hybridized carbons (Fsp3) is 0.412. The van der Waals surface area contributed by atoms with Crippen LogP contribution in [0.5, 0.6) is 0 Å². The Bertz CT molecular complexity index is 714. The van der Waals surface area contributed by atoms with Crippen LogP contribution in [-0.4, -0.2) is 22.1 Å². The van der Waals surface area contributed by atoms with Crippen LogP contribution in [0.2, 0.25) is 0 Å². The highest BCUT2D eigenvalue weighted by molar-refractivity contribution is 5.77. The lowest BCUT2D eigenvalue weighted by Crippen LogP contribution is -2.21. The molecule has 0 saturated carbocycles. The second-order valence-electron chi connectivity index (χ2n) is 5.63. The Kier molecular flexibility index (Phi) is 4.24. The lowest BCUT2D eigenvalue weighted by Gasteiger charge is -2.20. The highest BCUT2D eigenvalue weighted by atomic mass is 16.5. The number of benzene rings is 1. The Labute approximate surface area is 129 Å². The normalized spacial score (nSPS) is 13.1. The van der Waals surface area contributed by atoms with Gasteiger partial charge in [-0.3, -0.25) is 4.90 Å². The number of nitrogens with zero attached hydrogens (tertiary/aromatic N) is 3. The molecule has 0 spiro atoms. The third-order valence-electron chi connectivity index (χ3n) is 3.89. The van der Waals surface area contributed by atoms with Crippen molar-refractivity contribution in [3.05, 3.63) is 47.8 Å². The van der Waals surface area contributed by atoms with Gasteiger partial charge in [0.15, 0.2) is 5.82 Å². The number of furan rings is 1. The summed E-state index contributed by atoms with van der Waals surface area (Å²) in [4.78, 5) is 6.55. The lowest BCUT2D eigenvalue weighted by molar-refractivity contribution is 0.198. The summed E-state index contributed by atoms with van der Waals surface area (Å²) in [5, 5.41) is 5.12. The predicted molar refractivity (Wildman–Crippen MR) is 84.4 cm³/mol. The second kappa shape index (κ2) is 6.32. The first kappa shape index (κ1) is 14.8. The van der Waals surface area contributed by atoms with Gasteiger partial charge in [-0.1, -0.05) is 30.3 Å². The third kappa shape index (κ3) is 3.04. The molecule has 0 N–H and O–H groups in total. The minimum absolute atomic E-state index is 0.133. The van der Waals surface area contributed by atoms with Gasteiger partial charge in [-0.15, -0.1) is 0 Å². The summed E-state index contributed by atoms with van der Waals surface area (Å²) in [5.74, 6) is 2.37. The Morgan fingerprint density at radius 1 is 1.27 bits per heavy atom. The zero-order valence-corrected chi connectivity index (χ0v) is 13.2. The zero-order chi connectivity index (χ0) is 15.5. The van der Waals surface area contributed by atoms with Crippen molar-refractivity contribution in [3.63, 3.8) is 0 Å². The molecule has 0 amide bonds. The lowest BCUT2D eigenvalue weighted by atomic mass is 10.2. The molecule has 3 rings (SSSR count). The van der Waals surface area contributed by atoms with Gasteiger partial charge in [0.1, 0.15) is 11.3 Å². The molecular formula is C17H21N3O2. The molecule has 0 aliphatic rings. The van der Waals surface area contributed by atoms with Crippen LogP contribution in [-0.2, 0) is 13.0 Å². The Morgan fingerprint density at radius 2 is 2.09 bits per heavy atom. The van der Waals surface area contributed by atoms with Gasteiger partial charge in [0.05, 0.1) is 12.6 Å². The topological polar surface area (TPSA) is 55.3 Å². The number of hydrogen-bond acceptors (Lipinski definition) is 5. The highest BCUT2D eigenvalue weighted by Crippen LogP contribution is 2.27. The van der Waals surface area contributed by atoms with E-state index < -0.39 is 0 Å². The summed E-state index contributed by atoms with van der Waals surface area (Å²) in [5.41, 5.74) is 0.917. The van der Waals surface area contributed by atoms with Gasteiger partial charge in [-0.05, 0) is 32.5 Å². The average molecular weight is 299 g/mol. The molecule has 0 fully saturated rings. The van der Waals surface area contributed by atoms with Gasteiger partial charge in [-0.2, -0.15) is 4.98 Å². The maximum Gasteiger partial charge on any atom is 0.240 e. The zero-order valence-electron chi connectivity index (χ0n) is 13.2. The number of para-hydroxylation sites is 1. The van der Waals surface area contributed by atoms with Gasteiger partial charge < -0.3 is 8.94 Å². The molecular weight excluding hydrogens is 278 g/mol. The summed E-state index contributed by atoms with van der Waals surface area (Å²) >= 11 is 0. The molecule has 3 aromatic rings. The standard InChI is InChI=1S/C17H21N3O2/c1-4-7-16-18-17(22-19-16)11-20(3)12(2)15-10-13-8-5-6-9-14(13)21-15/h5-6,8-10,12H,4,7,11H2,1-3H3. The van der Waals surface area contributed by atoms with Crippen molar-refractivity contribution in [2.45, 2.75) is 39.3 Å². The number of rotatable bonds is 6. The van der Waals surface area contributed by atoms with E-state index >= 15 is 0 Å². The highest BCUT2D eigenvalue weighted by Gasteiger charge is 2.18. The van der Waals surface area contributed by atoms with E-state index in [1.165, 1.54) is 0 Å².